The molecule has 3 nitrogen and oxygen atoms in total. The molecule has 0 aromatic carbocycles. The lowest BCUT2D eigenvalue weighted by molar-refractivity contribution is -0.139. The van der Waals surface area contributed by atoms with Crippen molar-refractivity contribution in [1.82, 2.24) is 4.90 Å². The predicted octanol–water partition coefficient (Wildman–Crippen LogP) is 1.84. The van der Waals surface area contributed by atoms with Crippen molar-refractivity contribution in [3.8, 4) is 0 Å². The van der Waals surface area contributed by atoms with Gasteiger partial charge in [-0.05, 0) is 12.8 Å². The van der Waals surface area contributed by atoms with Crippen LogP contribution >= 0.6 is 0 Å². The Kier molecular flexibility index (Phi) is 5.40. The van der Waals surface area contributed by atoms with Crippen molar-refractivity contribution < 1.29 is 9.53 Å². The lowest BCUT2D eigenvalue weighted by Crippen LogP contribution is -2.43. The van der Waals surface area contributed by atoms with Crippen molar-refractivity contribution in [2.45, 2.75) is 26.2 Å². The van der Waals surface area contributed by atoms with Crippen LogP contribution in [0.25, 0.3) is 0 Å². The summed E-state index contributed by atoms with van der Waals surface area (Å²) in [6.45, 7) is 8.68. The van der Waals surface area contributed by atoms with Crippen molar-refractivity contribution in [1.29, 1.82) is 0 Å². The maximum Gasteiger partial charge on any atom is 0.226 e. The minimum atomic E-state index is 0.130. The molecule has 1 aliphatic heterocycles. The highest BCUT2D eigenvalue weighted by atomic mass is 16.5. The number of hydrogen-bond donors (Lipinski definition) is 0. The van der Waals surface area contributed by atoms with E-state index in [0.717, 1.165) is 32.4 Å². The molecule has 0 aliphatic carbocycles. The molecule has 1 unspecified atom stereocenters. The number of ether oxygens (including phenoxy) is 1. The Bertz CT molecular complexity index is 210. The predicted molar refractivity (Wildman–Crippen MR) is 60.6 cm³/mol. The normalized spacial score (nSPS) is 18.6. The van der Waals surface area contributed by atoms with Crippen LogP contribution in [0.15, 0.2) is 12.7 Å². The first kappa shape index (κ1) is 12.2. The van der Waals surface area contributed by atoms with E-state index in [1.807, 2.05) is 11.0 Å². The van der Waals surface area contributed by atoms with Gasteiger partial charge in [-0.1, -0.05) is 19.4 Å². The van der Waals surface area contributed by atoms with Gasteiger partial charge in [-0.25, -0.2) is 0 Å². The van der Waals surface area contributed by atoms with Crippen molar-refractivity contribution in [2.75, 3.05) is 26.3 Å². The highest BCUT2D eigenvalue weighted by molar-refractivity contribution is 5.79. The summed E-state index contributed by atoms with van der Waals surface area (Å²) in [7, 11) is 0. The third-order valence-electron chi connectivity index (χ3n) is 2.76. The van der Waals surface area contributed by atoms with Gasteiger partial charge in [0.25, 0.3) is 0 Å². The molecule has 1 rings (SSSR count). The van der Waals surface area contributed by atoms with Crippen molar-refractivity contribution in [3.05, 3.63) is 12.7 Å². The molecule has 15 heavy (non-hydrogen) atoms. The zero-order valence-corrected chi connectivity index (χ0v) is 9.58. The molecule has 1 aliphatic rings. The number of morpholine rings is 1. The van der Waals surface area contributed by atoms with Crippen LogP contribution in [0.1, 0.15) is 26.2 Å². The molecular weight excluding hydrogens is 190 g/mol. The standard InChI is InChI=1S/C12H21NO2/c1-3-5-11(6-4-2)12(14)13-7-9-15-10-8-13/h3,11H,1,4-10H2,2H3. The van der Waals surface area contributed by atoms with E-state index in [9.17, 15) is 4.79 Å². The van der Waals surface area contributed by atoms with E-state index in [-0.39, 0.29) is 11.8 Å². The Balaban J connectivity index is 2.48. The molecule has 1 fully saturated rings. The van der Waals surface area contributed by atoms with E-state index < -0.39 is 0 Å². The maximum atomic E-state index is 12.1. The molecule has 0 saturated carbocycles. The molecule has 3 heteroatoms. The van der Waals surface area contributed by atoms with Crippen molar-refractivity contribution in [2.24, 2.45) is 5.92 Å². The molecule has 0 radical (unpaired) electrons. The minimum Gasteiger partial charge on any atom is -0.378 e. The molecule has 1 amide bonds. The molecule has 0 aromatic rings. The van der Waals surface area contributed by atoms with Gasteiger partial charge in [0.15, 0.2) is 0 Å². The molecule has 0 spiro atoms. The number of nitrogens with zero attached hydrogens (tertiary/aromatic N) is 1. The van der Waals surface area contributed by atoms with Gasteiger partial charge in [-0.2, -0.15) is 0 Å². The minimum absolute atomic E-state index is 0.130. The topological polar surface area (TPSA) is 29.5 Å². The molecule has 1 heterocycles. The SMILES string of the molecule is C=CCC(CCC)C(=O)N1CCOCC1. The van der Waals surface area contributed by atoms with Gasteiger partial charge < -0.3 is 9.64 Å². The summed E-state index contributed by atoms with van der Waals surface area (Å²) >= 11 is 0. The fraction of sp³-hybridized carbons (Fsp3) is 0.750. The van der Waals surface area contributed by atoms with Gasteiger partial charge in [-0.15, -0.1) is 6.58 Å². The van der Waals surface area contributed by atoms with E-state index in [1.54, 1.807) is 0 Å². The number of carbonyl (C=O) groups excluding carboxylic acids is 1. The first-order chi connectivity index (χ1) is 7.29. The summed E-state index contributed by atoms with van der Waals surface area (Å²) < 4.78 is 5.24. The second-order valence-electron chi connectivity index (χ2n) is 3.95. The Morgan fingerprint density at radius 1 is 1.53 bits per heavy atom. The van der Waals surface area contributed by atoms with Crippen LogP contribution in [-0.4, -0.2) is 37.1 Å². The van der Waals surface area contributed by atoms with Crippen LogP contribution in [0.2, 0.25) is 0 Å². The molecule has 0 N–H and O–H groups in total. The van der Waals surface area contributed by atoms with Crippen molar-refractivity contribution >= 4 is 5.91 Å². The summed E-state index contributed by atoms with van der Waals surface area (Å²) in [6, 6.07) is 0. The number of allylic oxidation sites excluding steroid dienone is 1. The lowest BCUT2D eigenvalue weighted by atomic mass is 9.98. The number of hydrogen-bond acceptors (Lipinski definition) is 2. The van der Waals surface area contributed by atoms with E-state index in [2.05, 4.69) is 13.5 Å². The summed E-state index contributed by atoms with van der Waals surface area (Å²) in [4.78, 5) is 14.0. The average Bonchev–Trinajstić information content (AvgIpc) is 2.29. The third-order valence-corrected chi connectivity index (χ3v) is 2.76. The molecule has 86 valence electrons. The Morgan fingerprint density at radius 3 is 2.73 bits per heavy atom. The van der Waals surface area contributed by atoms with Crippen molar-refractivity contribution in [3.63, 3.8) is 0 Å². The van der Waals surface area contributed by atoms with Gasteiger partial charge in [-0.3, -0.25) is 4.79 Å². The van der Waals surface area contributed by atoms with E-state index >= 15 is 0 Å². The molecule has 1 saturated heterocycles. The second kappa shape index (κ2) is 6.62. The molecular formula is C12H21NO2. The molecule has 0 aromatic heterocycles. The van der Waals surface area contributed by atoms with Crippen LogP contribution in [0.4, 0.5) is 0 Å². The number of amides is 1. The highest BCUT2D eigenvalue weighted by Crippen LogP contribution is 2.16. The van der Waals surface area contributed by atoms with Crippen LogP contribution in [0, 0.1) is 5.92 Å². The van der Waals surface area contributed by atoms with Gasteiger partial charge >= 0.3 is 0 Å². The highest BCUT2D eigenvalue weighted by Gasteiger charge is 2.23. The Labute approximate surface area is 92.1 Å². The second-order valence-corrected chi connectivity index (χ2v) is 3.95. The molecule has 1 atom stereocenters. The smallest absolute Gasteiger partial charge is 0.226 e. The van der Waals surface area contributed by atoms with Crippen LogP contribution in [0.3, 0.4) is 0 Å². The summed E-state index contributed by atoms with van der Waals surface area (Å²) in [5.41, 5.74) is 0. The monoisotopic (exact) mass is 211 g/mol. The van der Waals surface area contributed by atoms with Gasteiger partial charge in [0, 0.05) is 19.0 Å². The summed E-state index contributed by atoms with van der Waals surface area (Å²) in [5.74, 6) is 0.408. The van der Waals surface area contributed by atoms with Gasteiger partial charge in [0.2, 0.25) is 5.91 Å². The van der Waals surface area contributed by atoms with Crippen LogP contribution < -0.4 is 0 Å². The Hall–Kier alpha value is -0.830. The average molecular weight is 211 g/mol. The largest absolute Gasteiger partial charge is 0.378 e. The zero-order valence-electron chi connectivity index (χ0n) is 9.58. The van der Waals surface area contributed by atoms with E-state index in [0.29, 0.717) is 13.2 Å². The van der Waals surface area contributed by atoms with Crippen LogP contribution in [0.5, 0.6) is 0 Å². The number of carbonyl (C=O) groups is 1. The van der Waals surface area contributed by atoms with Crippen LogP contribution in [-0.2, 0) is 9.53 Å². The quantitative estimate of drug-likeness (QED) is 0.649. The third kappa shape index (κ3) is 3.67. The first-order valence-corrected chi connectivity index (χ1v) is 5.77. The fourth-order valence-corrected chi connectivity index (χ4v) is 1.93. The summed E-state index contributed by atoms with van der Waals surface area (Å²) in [5, 5.41) is 0. The van der Waals surface area contributed by atoms with E-state index in [4.69, 9.17) is 4.74 Å². The fourth-order valence-electron chi connectivity index (χ4n) is 1.93. The van der Waals surface area contributed by atoms with E-state index in [1.165, 1.54) is 0 Å². The molecule has 0 bridgehead atoms. The lowest BCUT2D eigenvalue weighted by Gasteiger charge is -2.30. The maximum absolute atomic E-state index is 12.1. The summed E-state index contributed by atoms with van der Waals surface area (Å²) in [6.07, 6.45) is 4.65. The number of rotatable bonds is 5. The first-order valence-electron chi connectivity index (χ1n) is 5.77. The zero-order chi connectivity index (χ0) is 11.1. The Morgan fingerprint density at radius 2 is 2.20 bits per heavy atom. The van der Waals surface area contributed by atoms with Gasteiger partial charge in [0.05, 0.1) is 13.2 Å². The van der Waals surface area contributed by atoms with Gasteiger partial charge in [0.1, 0.15) is 0 Å².